The van der Waals surface area contributed by atoms with Crippen LogP contribution in [0.15, 0.2) is 36.4 Å². The third-order valence-electron chi connectivity index (χ3n) is 4.17. The molecule has 2 atom stereocenters. The summed E-state index contributed by atoms with van der Waals surface area (Å²) in [7, 11) is 1.82. The Kier molecular flexibility index (Phi) is 5.24. The summed E-state index contributed by atoms with van der Waals surface area (Å²) < 4.78 is 40.9. The molecule has 0 bridgehead atoms. The van der Waals surface area contributed by atoms with E-state index in [-0.39, 0.29) is 18.3 Å². The SMILES string of the molecule is C[C@H](c1nc2ccccc2s1)[NH+](C)CC(=O)Nc1ccc(F)c(F)c1F. The van der Waals surface area contributed by atoms with E-state index in [4.69, 9.17) is 0 Å². The number of fused-ring (bicyclic) bond motifs is 1. The highest BCUT2D eigenvalue weighted by Crippen LogP contribution is 2.24. The summed E-state index contributed by atoms with van der Waals surface area (Å²) in [5.41, 5.74) is 0.523. The largest absolute Gasteiger partial charge is 0.322 e. The first-order valence-electron chi connectivity index (χ1n) is 7.98. The normalized spacial score (nSPS) is 13.6. The summed E-state index contributed by atoms with van der Waals surface area (Å²) >= 11 is 1.56. The smallest absolute Gasteiger partial charge is 0.279 e. The maximum absolute atomic E-state index is 13.7. The van der Waals surface area contributed by atoms with E-state index in [1.807, 2.05) is 38.2 Å². The topological polar surface area (TPSA) is 46.4 Å². The fourth-order valence-electron chi connectivity index (χ4n) is 2.51. The Bertz CT molecular complexity index is 927. The van der Waals surface area contributed by atoms with Gasteiger partial charge in [-0.2, -0.15) is 0 Å². The molecule has 4 nitrogen and oxygen atoms in total. The van der Waals surface area contributed by atoms with Gasteiger partial charge >= 0.3 is 0 Å². The standard InChI is InChI=1S/C18H16F3N3OS/c1-10(18-23-12-5-3-4-6-14(12)26-18)24(2)9-15(25)22-13-8-7-11(19)16(20)17(13)21/h3-8,10H,9H2,1-2H3,(H,22,25)/p+1/t10-/m1/s1. The molecule has 2 N–H and O–H groups in total. The molecule has 3 aromatic rings. The number of quaternary nitrogens is 1. The molecule has 0 spiro atoms. The number of halogens is 3. The highest BCUT2D eigenvalue weighted by Gasteiger charge is 2.23. The van der Waals surface area contributed by atoms with Crippen LogP contribution in [-0.4, -0.2) is 24.5 Å². The number of carbonyl (C=O) groups excluding carboxylic acids is 1. The predicted molar refractivity (Wildman–Crippen MR) is 94.7 cm³/mol. The number of thiazole rings is 1. The molecule has 8 heteroatoms. The molecular formula is C18H17F3N3OS+. The van der Waals surface area contributed by atoms with E-state index in [1.54, 1.807) is 11.3 Å². The molecule has 0 saturated carbocycles. The number of likely N-dealkylation sites (N-methyl/N-ethyl adjacent to an activating group) is 1. The van der Waals surface area contributed by atoms with Gasteiger partial charge in [-0.3, -0.25) is 4.79 Å². The number of anilines is 1. The average molecular weight is 380 g/mol. The van der Waals surface area contributed by atoms with Crippen molar-refractivity contribution in [3.8, 4) is 0 Å². The van der Waals surface area contributed by atoms with E-state index in [2.05, 4.69) is 10.3 Å². The third-order valence-corrected chi connectivity index (χ3v) is 5.39. The Balaban J connectivity index is 1.68. The Hall–Kier alpha value is -2.45. The maximum atomic E-state index is 13.7. The van der Waals surface area contributed by atoms with Crippen molar-refractivity contribution in [2.45, 2.75) is 13.0 Å². The van der Waals surface area contributed by atoms with Gasteiger partial charge < -0.3 is 10.2 Å². The number of hydrogen-bond donors (Lipinski definition) is 2. The van der Waals surface area contributed by atoms with Crippen LogP contribution in [0.5, 0.6) is 0 Å². The van der Waals surface area contributed by atoms with Gasteiger partial charge in [0, 0.05) is 0 Å². The molecule has 0 radical (unpaired) electrons. The minimum Gasteiger partial charge on any atom is -0.322 e. The van der Waals surface area contributed by atoms with Gasteiger partial charge in [0.2, 0.25) is 0 Å². The van der Waals surface area contributed by atoms with Crippen LogP contribution in [0.25, 0.3) is 10.2 Å². The Morgan fingerprint density at radius 2 is 1.92 bits per heavy atom. The van der Waals surface area contributed by atoms with Crippen LogP contribution >= 0.6 is 11.3 Å². The van der Waals surface area contributed by atoms with Crippen LogP contribution in [-0.2, 0) is 4.79 Å². The molecule has 1 heterocycles. The molecule has 136 valence electrons. The van der Waals surface area contributed by atoms with Crippen LogP contribution in [0.3, 0.4) is 0 Å². The molecule has 1 unspecified atom stereocenters. The van der Waals surface area contributed by atoms with Crippen molar-refractivity contribution >= 4 is 33.1 Å². The van der Waals surface area contributed by atoms with Crippen LogP contribution in [0.2, 0.25) is 0 Å². The second-order valence-corrected chi connectivity index (χ2v) is 7.10. The molecule has 1 aromatic heterocycles. The van der Waals surface area contributed by atoms with Crippen molar-refractivity contribution < 1.29 is 22.9 Å². The van der Waals surface area contributed by atoms with E-state index in [0.717, 1.165) is 32.3 Å². The first-order chi connectivity index (χ1) is 12.4. The minimum absolute atomic E-state index is 0.0233. The molecule has 0 aliphatic rings. The molecule has 2 aromatic carbocycles. The number of nitrogens with zero attached hydrogens (tertiary/aromatic N) is 1. The van der Waals surface area contributed by atoms with Crippen molar-refractivity contribution in [3.05, 3.63) is 58.9 Å². The number of nitrogens with one attached hydrogen (secondary N) is 2. The van der Waals surface area contributed by atoms with Gasteiger partial charge in [0.25, 0.3) is 5.91 Å². The molecular weight excluding hydrogens is 363 g/mol. The number of para-hydroxylation sites is 1. The van der Waals surface area contributed by atoms with Gasteiger partial charge in [-0.1, -0.05) is 12.1 Å². The number of carbonyl (C=O) groups is 1. The Morgan fingerprint density at radius 1 is 1.19 bits per heavy atom. The summed E-state index contributed by atoms with van der Waals surface area (Å²) in [6.45, 7) is 1.97. The zero-order chi connectivity index (χ0) is 18.8. The van der Waals surface area contributed by atoms with Crippen LogP contribution in [0.1, 0.15) is 18.0 Å². The molecule has 26 heavy (non-hydrogen) atoms. The quantitative estimate of drug-likeness (QED) is 0.669. The maximum Gasteiger partial charge on any atom is 0.279 e. The molecule has 3 rings (SSSR count). The van der Waals surface area contributed by atoms with Crippen LogP contribution < -0.4 is 10.2 Å². The third kappa shape index (κ3) is 3.71. The van der Waals surface area contributed by atoms with E-state index in [9.17, 15) is 18.0 Å². The molecule has 0 aliphatic heterocycles. The number of benzene rings is 2. The Labute approximate surface area is 152 Å². The summed E-state index contributed by atoms with van der Waals surface area (Å²) in [6.07, 6.45) is 0. The average Bonchev–Trinajstić information content (AvgIpc) is 3.05. The summed E-state index contributed by atoms with van der Waals surface area (Å²) in [6, 6.07) is 9.47. The number of aromatic nitrogens is 1. The summed E-state index contributed by atoms with van der Waals surface area (Å²) in [5, 5.41) is 3.17. The second kappa shape index (κ2) is 7.43. The van der Waals surface area contributed by atoms with Crippen molar-refractivity contribution in [1.29, 1.82) is 0 Å². The van der Waals surface area contributed by atoms with Crippen molar-refractivity contribution in [1.82, 2.24) is 4.98 Å². The molecule has 0 fully saturated rings. The lowest BCUT2D eigenvalue weighted by atomic mass is 10.2. The van der Waals surface area contributed by atoms with Gasteiger partial charge in [-0.05, 0) is 31.2 Å². The number of rotatable bonds is 5. The minimum atomic E-state index is -1.61. The summed E-state index contributed by atoms with van der Waals surface area (Å²) in [4.78, 5) is 17.6. The van der Waals surface area contributed by atoms with Crippen molar-refractivity contribution in [2.75, 3.05) is 18.9 Å². The lowest BCUT2D eigenvalue weighted by Crippen LogP contribution is -3.10. The first-order valence-corrected chi connectivity index (χ1v) is 8.79. The van der Waals surface area contributed by atoms with Crippen LogP contribution in [0.4, 0.5) is 18.9 Å². The highest BCUT2D eigenvalue weighted by molar-refractivity contribution is 7.18. The van der Waals surface area contributed by atoms with Crippen molar-refractivity contribution in [2.24, 2.45) is 0 Å². The lowest BCUT2D eigenvalue weighted by Gasteiger charge is -2.19. The highest BCUT2D eigenvalue weighted by atomic mass is 32.1. The number of hydrogen-bond acceptors (Lipinski definition) is 3. The van der Waals surface area contributed by atoms with Gasteiger partial charge in [-0.15, -0.1) is 11.3 Å². The molecule has 0 aliphatic carbocycles. The fourth-order valence-corrected chi connectivity index (χ4v) is 3.62. The Morgan fingerprint density at radius 3 is 2.65 bits per heavy atom. The van der Waals surface area contributed by atoms with Crippen molar-refractivity contribution in [3.63, 3.8) is 0 Å². The fraction of sp³-hybridized carbons (Fsp3) is 0.222. The predicted octanol–water partition coefficient (Wildman–Crippen LogP) is 2.93. The summed E-state index contributed by atoms with van der Waals surface area (Å²) in [5.74, 6) is -4.81. The number of amides is 1. The van der Waals surface area contributed by atoms with E-state index >= 15 is 0 Å². The van der Waals surface area contributed by atoms with E-state index < -0.39 is 23.4 Å². The monoisotopic (exact) mass is 380 g/mol. The zero-order valence-corrected chi connectivity index (χ0v) is 15.0. The first kappa shape index (κ1) is 18.3. The molecule has 0 saturated heterocycles. The van der Waals surface area contributed by atoms with Gasteiger partial charge in [-0.25, -0.2) is 18.2 Å². The lowest BCUT2D eigenvalue weighted by molar-refractivity contribution is -0.902. The van der Waals surface area contributed by atoms with E-state index in [1.165, 1.54) is 0 Å². The van der Waals surface area contributed by atoms with Gasteiger partial charge in [0.05, 0.1) is 23.0 Å². The van der Waals surface area contributed by atoms with Gasteiger partial charge in [0.1, 0.15) is 6.04 Å². The molecule has 1 amide bonds. The van der Waals surface area contributed by atoms with Crippen LogP contribution in [0, 0.1) is 17.5 Å². The second-order valence-electron chi connectivity index (χ2n) is 6.04. The van der Waals surface area contributed by atoms with E-state index in [0.29, 0.717) is 0 Å². The zero-order valence-electron chi connectivity index (χ0n) is 14.1. The van der Waals surface area contributed by atoms with Gasteiger partial charge in [0.15, 0.2) is 29.0 Å².